The first-order valence-electron chi connectivity index (χ1n) is 3.82. The van der Waals surface area contributed by atoms with Gasteiger partial charge >= 0.3 is 12.1 Å². The van der Waals surface area contributed by atoms with Crippen LogP contribution in [0.1, 0.15) is 6.42 Å². The van der Waals surface area contributed by atoms with E-state index in [1.54, 1.807) is 0 Å². The largest absolute Gasteiger partial charge is 0.508 e. The van der Waals surface area contributed by atoms with Crippen molar-refractivity contribution in [2.24, 2.45) is 0 Å². The van der Waals surface area contributed by atoms with E-state index in [2.05, 4.69) is 16.1 Å². The summed E-state index contributed by atoms with van der Waals surface area (Å²) in [5.74, 6) is -0.443. The second-order valence-corrected chi connectivity index (χ2v) is 3.18. The Morgan fingerprint density at radius 1 is 1.23 bits per heavy atom. The van der Waals surface area contributed by atoms with E-state index >= 15 is 0 Å². The maximum Gasteiger partial charge on any atom is 0.508 e. The zero-order valence-electron chi connectivity index (χ0n) is 6.87. The van der Waals surface area contributed by atoms with Gasteiger partial charge in [-0.1, -0.05) is 6.58 Å². The molecule has 0 aromatic rings. The van der Waals surface area contributed by atoms with E-state index in [0.29, 0.717) is 12.0 Å². The Kier molecular flexibility index (Phi) is 1.55. The van der Waals surface area contributed by atoms with E-state index in [9.17, 15) is 9.59 Å². The van der Waals surface area contributed by atoms with Gasteiger partial charge in [0, 0.05) is 12.0 Å². The molecule has 0 amide bonds. The van der Waals surface area contributed by atoms with Crippen molar-refractivity contribution in [2.75, 3.05) is 13.2 Å². The van der Waals surface area contributed by atoms with Crippen LogP contribution in [0, 0.1) is 0 Å². The van der Waals surface area contributed by atoms with Crippen molar-refractivity contribution in [3.05, 3.63) is 12.2 Å². The van der Waals surface area contributed by atoms with Gasteiger partial charge in [0.2, 0.25) is 0 Å². The van der Waals surface area contributed by atoms with Crippen LogP contribution < -0.4 is 0 Å². The summed E-state index contributed by atoms with van der Waals surface area (Å²) in [6.45, 7) is 3.64. The van der Waals surface area contributed by atoms with Crippen molar-refractivity contribution in [3.63, 3.8) is 0 Å². The average Bonchev–Trinajstić information content (AvgIpc) is 2.36. The number of cyclic esters (lactones) is 2. The molecule has 5 heteroatoms. The topological polar surface area (TPSA) is 61.8 Å². The molecule has 2 aliphatic heterocycles. The second kappa shape index (κ2) is 2.48. The summed E-state index contributed by atoms with van der Waals surface area (Å²) >= 11 is 0. The Hall–Kier alpha value is -1.52. The van der Waals surface area contributed by atoms with Crippen LogP contribution in [0.25, 0.3) is 0 Å². The van der Waals surface area contributed by atoms with Crippen LogP contribution in [0.15, 0.2) is 12.2 Å². The van der Waals surface area contributed by atoms with E-state index in [0.717, 1.165) is 0 Å². The third kappa shape index (κ3) is 1.26. The van der Waals surface area contributed by atoms with Gasteiger partial charge < -0.3 is 14.2 Å². The first kappa shape index (κ1) is 8.10. The molecule has 0 aromatic heterocycles. The molecule has 2 heterocycles. The van der Waals surface area contributed by atoms with Crippen molar-refractivity contribution in [3.8, 4) is 0 Å². The second-order valence-electron chi connectivity index (χ2n) is 3.18. The predicted octanol–water partition coefficient (Wildman–Crippen LogP) is 0.395. The number of hydrogen-bond donors (Lipinski definition) is 0. The molecule has 13 heavy (non-hydrogen) atoms. The molecule has 0 aliphatic carbocycles. The lowest BCUT2D eigenvalue weighted by Crippen LogP contribution is -2.45. The Balaban J connectivity index is 2.11. The molecular formula is C8H8O5. The highest BCUT2D eigenvalue weighted by Crippen LogP contribution is 2.32. The number of esters is 1. The van der Waals surface area contributed by atoms with E-state index in [4.69, 9.17) is 4.74 Å². The van der Waals surface area contributed by atoms with Crippen LogP contribution in [-0.4, -0.2) is 30.9 Å². The summed E-state index contributed by atoms with van der Waals surface area (Å²) in [6.07, 6.45) is -0.363. The van der Waals surface area contributed by atoms with Gasteiger partial charge in [0.25, 0.3) is 0 Å². The van der Waals surface area contributed by atoms with Crippen LogP contribution in [0.2, 0.25) is 0 Å². The summed E-state index contributed by atoms with van der Waals surface area (Å²) in [7, 11) is 0. The molecule has 0 unspecified atom stereocenters. The normalized spacial score (nSPS) is 25.4. The summed E-state index contributed by atoms with van der Waals surface area (Å²) < 4.78 is 14.3. The van der Waals surface area contributed by atoms with Gasteiger partial charge in [-0.25, -0.2) is 9.59 Å². The average molecular weight is 184 g/mol. The molecule has 1 spiro atoms. The molecular weight excluding hydrogens is 176 g/mol. The van der Waals surface area contributed by atoms with Gasteiger partial charge in [0.1, 0.15) is 13.2 Å². The molecule has 0 radical (unpaired) electrons. The quantitative estimate of drug-likeness (QED) is 0.402. The fourth-order valence-electron chi connectivity index (χ4n) is 1.39. The van der Waals surface area contributed by atoms with Crippen LogP contribution in [0.3, 0.4) is 0 Å². The third-order valence-corrected chi connectivity index (χ3v) is 2.04. The fourth-order valence-corrected chi connectivity index (χ4v) is 1.39. The molecule has 2 saturated heterocycles. The summed E-state index contributed by atoms with van der Waals surface area (Å²) in [5.41, 5.74) is -0.427. The molecule has 2 aliphatic rings. The van der Waals surface area contributed by atoms with Gasteiger partial charge in [-0.05, 0) is 0 Å². The SMILES string of the molecule is C=C1CC2(COC(=O)OC2)OC1=O. The Labute approximate surface area is 74.3 Å². The van der Waals surface area contributed by atoms with Crippen LogP contribution in [0.4, 0.5) is 4.79 Å². The fraction of sp³-hybridized carbons (Fsp3) is 0.500. The van der Waals surface area contributed by atoms with Crippen molar-refractivity contribution in [1.82, 2.24) is 0 Å². The maximum atomic E-state index is 11.0. The van der Waals surface area contributed by atoms with Gasteiger partial charge in [-0.3, -0.25) is 0 Å². The van der Waals surface area contributed by atoms with E-state index in [-0.39, 0.29) is 13.2 Å². The predicted molar refractivity (Wildman–Crippen MR) is 39.9 cm³/mol. The molecule has 2 fully saturated rings. The Morgan fingerprint density at radius 3 is 2.31 bits per heavy atom. The van der Waals surface area contributed by atoms with E-state index < -0.39 is 17.7 Å². The molecule has 0 saturated carbocycles. The number of carbonyl (C=O) groups excluding carboxylic acids is 2. The van der Waals surface area contributed by atoms with Crippen molar-refractivity contribution in [1.29, 1.82) is 0 Å². The van der Waals surface area contributed by atoms with E-state index in [1.165, 1.54) is 0 Å². The van der Waals surface area contributed by atoms with Crippen molar-refractivity contribution >= 4 is 12.1 Å². The highest BCUT2D eigenvalue weighted by Gasteiger charge is 2.47. The van der Waals surface area contributed by atoms with E-state index in [1.807, 2.05) is 0 Å². The first-order chi connectivity index (χ1) is 6.11. The monoisotopic (exact) mass is 184 g/mol. The molecule has 0 atom stereocenters. The zero-order chi connectivity index (χ0) is 9.47. The Bertz CT molecular complexity index is 265. The van der Waals surface area contributed by atoms with Gasteiger partial charge in [0.05, 0.1) is 0 Å². The molecule has 70 valence electrons. The molecule has 0 N–H and O–H groups in total. The minimum atomic E-state index is -0.817. The lowest BCUT2D eigenvalue weighted by molar-refractivity contribution is -0.164. The van der Waals surface area contributed by atoms with Gasteiger partial charge in [-0.15, -0.1) is 0 Å². The number of ether oxygens (including phenoxy) is 3. The number of hydrogen-bond acceptors (Lipinski definition) is 5. The Morgan fingerprint density at radius 2 is 1.85 bits per heavy atom. The number of carbonyl (C=O) groups is 2. The van der Waals surface area contributed by atoms with Crippen molar-refractivity contribution < 1.29 is 23.8 Å². The van der Waals surface area contributed by atoms with Crippen LogP contribution in [-0.2, 0) is 19.0 Å². The molecule has 0 bridgehead atoms. The number of rotatable bonds is 0. The highest BCUT2D eigenvalue weighted by atomic mass is 16.8. The lowest BCUT2D eigenvalue weighted by atomic mass is 10.00. The van der Waals surface area contributed by atoms with Gasteiger partial charge in [0.15, 0.2) is 5.60 Å². The highest BCUT2D eigenvalue weighted by molar-refractivity contribution is 5.90. The smallest absolute Gasteiger partial charge is 0.448 e. The summed E-state index contributed by atoms with van der Waals surface area (Å²) in [4.78, 5) is 21.6. The van der Waals surface area contributed by atoms with Crippen molar-refractivity contribution in [2.45, 2.75) is 12.0 Å². The van der Waals surface area contributed by atoms with Gasteiger partial charge in [-0.2, -0.15) is 0 Å². The minimum absolute atomic E-state index is 0.0522. The first-order valence-corrected chi connectivity index (χ1v) is 3.82. The molecule has 2 rings (SSSR count). The lowest BCUT2D eigenvalue weighted by Gasteiger charge is -2.29. The summed E-state index contributed by atoms with van der Waals surface area (Å²) in [5, 5.41) is 0. The van der Waals surface area contributed by atoms with Crippen LogP contribution >= 0.6 is 0 Å². The third-order valence-electron chi connectivity index (χ3n) is 2.04. The maximum absolute atomic E-state index is 11.0. The molecule has 0 aromatic carbocycles. The summed E-state index contributed by atoms with van der Waals surface area (Å²) in [6, 6.07) is 0. The van der Waals surface area contributed by atoms with Crippen LogP contribution in [0.5, 0.6) is 0 Å². The molecule has 5 nitrogen and oxygen atoms in total. The zero-order valence-corrected chi connectivity index (χ0v) is 6.87. The standard InChI is InChI=1S/C8H8O5/c1-5-2-8(13-6(5)9)3-11-7(10)12-4-8/h1-4H2. The minimum Gasteiger partial charge on any atom is -0.448 e.